The van der Waals surface area contributed by atoms with E-state index in [0.717, 1.165) is 0 Å². The summed E-state index contributed by atoms with van der Waals surface area (Å²) in [5.74, 6) is 0. The molecule has 1 heterocycles. The van der Waals surface area contributed by atoms with Crippen molar-refractivity contribution in [2.75, 3.05) is 5.73 Å². The van der Waals surface area contributed by atoms with Crippen LogP contribution in [0.1, 0.15) is 17.4 Å². The molecule has 0 radical (unpaired) electrons. The summed E-state index contributed by atoms with van der Waals surface area (Å²) in [7, 11) is 1.71. The molecule has 0 aliphatic heterocycles. The third-order valence-corrected chi connectivity index (χ3v) is 2.61. The lowest BCUT2D eigenvalue weighted by Gasteiger charge is -2.13. The van der Waals surface area contributed by atoms with Crippen LogP contribution < -0.4 is 5.73 Å². The van der Waals surface area contributed by atoms with Crippen molar-refractivity contribution in [2.24, 2.45) is 7.05 Å². The summed E-state index contributed by atoms with van der Waals surface area (Å²) in [6.45, 7) is 0. The molecule has 1 atom stereocenters. The second-order valence-electron chi connectivity index (χ2n) is 3.46. The van der Waals surface area contributed by atoms with Gasteiger partial charge in [-0.15, -0.1) is 5.10 Å². The van der Waals surface area contributed by atoms with Crippen molar-refractivity contribution in [2.45, 2.75) is 6.10 Å². The van der Waals surface area contributed by atoms with Gasteiger partial charge >= 0.3 is 0 Å². The summed E-state index contributed by atoms with van der Waals surface area (Å²) < 4.78 is 1.50. The monoisotopic (exact) mass is 238 g/mol. The molecule has 3 N–H and O–H groups in total. The number of aromatic nitrogens is 3. The van der Waals surface area contributed by atoms with Gasteiger partial charge in [-0.25, -0.2) is 4.68 Å². The van der Waals surface area contributed by atoms with Gasteiger partial charge in [-0.1, -0.05) is 22.9 Å². The van der Waals surface area contributed by atoms with Crippen LogP contribution in [0, 0.1) is 0 Å². The summed E-state index contributed by atoms with van der Waals surface area (Å²) in [6.07, 6.45) is 0.649. The van der Waals surface area contributed by atoms with Gasteiger partial charge in [0.15, 0.2) is 0 Å². The standard InChI is InChI=1S/C10H11ClN4O/c1-15-9(5-13-14-15)10(16)7-3-2-6(11)4-8(7)12/h2-5,10,16H,12H2,1H3. The number of rotatable bonds is 2. The quantitative estimate of drug-likeness (QED) is 0.769. The summed E-state index contributed by atoms with van der Waals surface area (Å²) in [5, 5.41) is 18.1. The lowest BCUT2D eigenvalue weighted by atomic mass is 10.1. The van der Waals surface area contributed by atoms with E-state index in [9.17, 15) is 5.11 Å². The first-order chi connectivity index (χ1) is 7.59. The molecule has 0 saturated carbocycles. The molecule has 0 fully saturated rings. The van der Waals surface area contributed by atoms with Crippen LogP contribution in [0.25, 0.3) is 0 Å². The third kappa shape index (κ3) is 1.87. The molecule has 0 aliphatic carbocycles. The van der Waals surface area contributed by atoms with E-state index in [1.807, 2.05) is 0 Å². The smallest absolute Gasteiger partial charge is 0.124 e. The predicted molar refractivity (Wildman–Crippen MR) is 60.9 cm³/mol. The fourth-order valence-electron chi connectivity index (χ4n) is 1.50. The summed E-state index contributed by atoms with van der Waals surface area (Å²) in [6, 6.07) is 4.97. The Bertz CT molecular complexity index is 511. The minimum absolute atomic E-state index is 0.446. The van der Waals surface area contributed by atoms with Crippen LogP contribution in [-0.2, 0) is 7.05 Å². The molecule has 0 saturated heterocycles. The molecule has 2 rings (SSSR count). The molecule has 0 amide bonds. The van der Waals surface area contributed by atoms with E-state index in [1.54, 1.807) is 25.2 Å². The van der Waals surface area contributed by atoms with Gasteiger partial charge in [-0.3, -0.25) is 0 Å². The Labute approximate surface area is 97.5 Å². The van der Waals surface area contributed by atoms with Crippen molar-refractivity contribution in [1.82, 2.24) is 15.0 Å². The first-order valence-electron chi connectivity index (χ1n) is 4.67. The average Bonchev–Trinajstić information content (AvgIpc) is 2.63. The van der Waals surface area contributed by atoms with Crippen LogP contribution >= 0.6 is 11.6 Å². The highest BCUT2D eigenvalue weighted by Crippen LogP contribution is 2.27. The Morgan fingerprint density at radius 3 is 2.81 bits per heavy atom. The lowest BCUT2D eigenvalue weighted by molar-refractivity contribution is 0.210. The van der Waals surface area contributed by atoms with E-state index in [0.29, 0.717) is 22.0 Å². The number of nitrogens with zero attached hydrogens (tertiary/aromatic N) is 3. The van der Waals surface area contributed by atoms with E-state index in [2.05, 4.69) is 10.3 Å². The van der Waals surface area contributed by atoms with E-state index >= 15 is 0 Å². The fraction of sp³-hybridized carbons (Fsp3) is 0.200. The van der Waals surface area contributed by atoms with Gasteiger partial charge in [0.1, 0.15) is 6.10 Å². The molecular weight excluding hydrogens is 228 g/mol. The topological polar surface area (TPSA) is 77.0 Å². The van der Waals surface area contributed by atoms with E-state index in [-0.39, 0.29) is 0 Å². The van der Waals surface area contributed by atoms with Gasteiger partial charge in [0.05, 0.1) is 11.9 Å². The highest BCUT2D eigenvalue weighted by atomic mass is 35.5. The molecule has 1 unspecified atom stereocenters. The molecule has 16 heavy (non-hydrogen) atoms. The van der Waals surface area contributed by atoms with Crippen molar-refractivity contribution in [3.05, 3.63) is 40.7 Å². The van der Waals surface area contributed by atoms with Crippen LogP contribution in [0.4, 0.5) is 5.69 Å². The molecule has 84 valence electrons. The molecule has 6 heteroatoms. The van der Waals surface area contributed by atoms with E-state index in [1.165, 1.54) is 10.9 Å². The Hall–Kier alpha value is -1.59. The molecule has 1 aromatic heterocycles. The largest absolute Gasteiger partial charge is 0.398 e. The van der Waals surface area contributed by atoms with E-state index in [4.69, 9.17) is 17.3 Å². The predicted octanol–water partition coefficient (Wildman–Crippen LogP) is 1.13. The first-order valence-corrected chi connectivity index (χ1v) is 5.05. The maximum Gasteiger partial charge on any atom is 0.124 e. The number of aryl methyl sites for hydroxylation is 1. The zero-order valence-electron chi connectivity index (χ0n) is 8.63. The SMILES string of the molecule is Cn1nncc1C(O)c1ccc(Cl)cc1N. The minimum atomic E-state index is -0.850. The van der Waals surface area contributed by atoms with Crippen LogP contribution in [0.5, 0.6) is 0 Å². The van der Waals surface area contributed by atoms with Crippen molar-refractivity contribution < 1.29 is 5.11 Å². The summed E-state index contributed by atoms with van der Waals surface area (Å²) in [4.78, 5) is 0. The maximum absolute atomic E-state index is 10.1. The number of aliphatic hydroxyl groups excluding tert-OH is 1. The second-order valence-corrected chi connectivity index (χ2v) is 3.89. The normalized spacial score (nSPS) is 12.7. The second kappa shape index (κ2) is 4.11. The fourth-order valence-corrected chi connectivity index (χ4v) is 1.68. The Balaban J connectivity index is 2.41. The van der Waals surface area contributed by atoms with Crippen LogP contribution in [0.2, 0.25) is 5.02 Å². The van der Waals surface area contributed by atoms with Gasteiger partial charge in [0, 0.05) is 23.3 Å². The number of aliphatic hydroxyl groups is 1. The van der Waals surface area contributed by atoms with Crippen molar-refractivity contribution >= 4 is 17.3 Å². The zero-order chi connectivity index (χ0) is 11.7. The van der Waals surface area contributed by atoms with Crippen molar-refractivity contribution in [3.8, 4) is 0 Å². The molecule has 0 bridgehead atoms. The molecular formula is C10H11ClN4O. The van der Waals surface area contributed by atoms with Crippen LogP contribution in [-0.4, -0.2) is 20.1 Å². The zero-order valence-corrected chi connectivity index (χ0v) is 9.39. The number of hydrogen-bond donors (Lipinski definition) is 2. The lowest BCUT2D eigenvalue weighted by Crippen LogP contribution is -2.08. The highest BCUT2D eigenvalue weighted by Gasteiger charge is 2.17. The molecule has 0 spiro atoms. The first kappa shape index (κ1) is 10.9. The maximum atomic E-state index is 10.1. The Morgan fingerprint density at radius 2 is 2.25 bits per heavy atom. The van der Waals surface area contributed by atoms with Crippen molar-refractivity contribution in [1.29, 1.82) is 0 Å². The van der Waals surface area contributed by atoms with Gasteiger partial charge in [0.25, 0.3) is 0 Å². The third-order valence-electron chi connectivity index (χ3n) is 2.37. The van der Waals surface area contributed by atoms with Crippen LogP contribution in [0.3, 0.4) is 0 Å². The minimum Gasteiger partial charge on any atom is -0.398 e. The Kier molecular flexibility index (Phi) is 2.80. The summed E-state index contributed by atoms with van der Waals surface area (Å²) >= 11 is 5.79. The number of nitrogen functional groups attached to an aromatic ring is 1. The van der Waals surface area contributed by atoms with Crippen LogP contribution in [0.15, 0.2) is 24.4 Å². The summed E-state index contributed by atoms with van der Waals surface area (Å²) in [5.41, 5.74) is 7.40. The highest BCUT2D eigenvalue weighted by molar-refractivity contribution is 6.30. The number of nitrogens with two attached hydrogens (primary N) is 1. The average molecular weight is 239 g/mol. The van der Waals surface area contributed by atoms with Gasteiger partial charge < -0.3 is 10.8 Å². The number of halogens is 1. The Morgan fingerprint density at radius 1 is 1.50 bits per heavy atom. The number of benzene rings is 1. The number of hydrogen-bond acceptors (Lipinski definition) is 4. The molecule has 0 aliphatic rings. The molecule has 1 aromatic carbocycles. The van der Waals surface area contributed by atoms with Gasteiger partial charge in [-0.2, -0.15) is 0 Å². The van der Waals surface area contributed by atoms with Crippen molar-refractivity contribution in [3.63, 3.8) is 0 Å². The molecule has 2 aromatic rings. The van der Waals surface area contributed by atoms with Gasteiger partial charge in [-0.05, 0) is 12.1 Å². The molecule has 5 nitrogen and oxygen atoms in total. The van der Waals surface area contributed by atoms with Gasteiger partial charge in [0.2, 0.25) is 0 Å². The van der Waals surface area contributed by atoms with E-state index < -0.39 is 6.10 Å². The number of anilines is 1.